The highest BCUT2D eigenvalue weighted by Gasteiger charge is 2.31. The zero-order valence-electron chi connectivity index (χ0n) is 15.9. The van der Waals surface area contributed by atoms with Gasteiger partial charge >= 0.3 is 0 Å². The number of hydrogen-bond acceptors (Lipinski definition) is 6. The maximum Gasteiger partial charge on any atom is 0.186 e. The van der Waals surface area contributed by atoms with Crippen molar-refractivity contribution in [2.24, 2.45) is 5.41 Å². The van der Waals surface area contributed by atoms with E-state index in [-0.39, 0.29) is 5.78 Å². The highest BCUT2D eigenvalue weighted by atomic mass is 16.5. The monoisotopic (exact) mass is 364 g/mol. The van der Waals surface area contributed by atoms with E-state index in [1.165, 1.54) is 0 Å². The second-order valence-electron chi connectivity index (χ2n) is 6.75. The molecule has 0 aliphatic rings. The first kappa shape index (κ1) is 18.4. The SMILES string of the molecule is COc1cc(-c2cnc3[nH]cc(C(=O)C(C)(C)C#N)c3n2)cc(C)c1OC. The van der Waals surface area contributed by atoms with Crippen LogP contribution >= 0.6 is 0 Å². The van der Waals surface area contributed by atoms with Gasteiger partial charge in [0.1, 0.15) is 10.9 Å². The summed E-state index contributed by atoms with van der Waals surface area (Å²) in [6.07, 6.45) is 3.18. The second-order valence-corrected chi connectivity index (χ2v) is 6.75. The zero-order valence-corrected chi connectivity index (χ0v) is 15.9. The number of aromatic amines is 1. The molecule has 0 saturated carbocycles. The quantitative estimate of drug-likeness (QED) is 0.693. The molecule has 0 bridgehead atoms. The number of rotatable bonds is 5. The lowest BCUT2D eigenvalue weighted by Crippen LogP contribution is -2.22. The third-order valence-corrected chi connectivity index (χ3v) is 4.43. The molecule has 0 radical (unpaired) electrons. The lowest BCUT2D eigenvalue weighted by atomic mass is 9.86. The number of methoxy groups -OCH3 is 2. The Balaban J connectivity index is 2.16. The number of hydrogen-bond donors (Lipinski definition) is 1. The summed E-state index contributed by atoms with van der Waals surface area (Å²) in [5, 5.41) is 9.26. The summed E-state index contributed by atoms with van der Waals surface area (Å²) < 4.78 is 10.8. The minimum atomic E-state index is -1.15. The third-order valence-electron chi connectivity index (χ3n) is 4.43. The van der Waals surface area contributed by atoms with Crippen molar-refractivity contribution in [3.63, 3.8) is 0 Å². The Kier molecular flexibility index (Phi) is 4.58. The summed E-state index contributed by atoms with van der Waals surface area (Å²) >= 11 is 0. The summed E-state index contributed by atoms with van der Waals surface area (Å²) in [5.41, 5.74) is 2.41. The minimum Gasteiger partial charge on any atom is -0.493 e. The molecule has 0 spiro atoms. The van der Waals surface area contributed by atoms with Gasteiger partial charge in [-0.05, 0) is 38.5 Å². The van der Waals surface area contributed by atoms with Gasteiger partial charge in [0, 0.05) is 11.8 Å². The van der Waals surface area contributed by atoms with Crippen molar-refractivity contribution >= 4 is 16.9 Å². The standard InChI is InChI=1S/C20H20N4O3/c1-11-6-12(7-15(26-4)17(11)27-5)14-9-23-19-16(24-14)13(8-22-19)18(25)20(2,3)10-21/h6-9H,1-5H3,(H,22,23). The van der Waals surface area contributed by atoms with E-state index in [2.05, 4.69) is 15.0 Å². The van der Waals surface area contributed by atoms with E-state index in [1.807, 2.05) is 25.1 Å². The van der Waals surface area contributed by atoms with Crippen molar-refractivity contribution in [2.45, 2.75) is 20.8 Å². The van der Waals surface area contributed by atoms with Crippen molar-refractivity contribution in [1.82, 2.24) is 15.0 Å². The first-order valence-corrected chi connectivity index (χ1v) is 8.35. The summed E-state index contributed by atoms with van der Waals surface area (Å²) in [6.45, 7) is 5.09. The van der Waals surface area contributed by atoms with E-state index in [9.17, 15) is 10.1 Å². The molecule has 27 heavy (non-hydrogen) atoms. The van der Waals surface area contributed by atoms with E-state index in [1.54, 1.807) is 40.5 Å². The number of carbonyl (C=O) groups is 1. The number of benzene rings is 1. The van der Waals surface area contributed by atoms with Gasteiger partial charge in [-0.15, -0.1) is 0 Å². The molecule has 7 heteroatoms. The molecule has 1 N–H and O–H groups in total. The van der Waals surface area contributed by atoms with E-state index >= 15 is 0 Å². The average Bonchev–Trinajstić information content (AvgIpc) is 3.09. The predicted octanol–water partition coefficient (Wildman–Crippen LogP) is 3.68. The molecule has 3 rings (SSSR count). The lowest BCUT2D eigenvalue weighted by molar-refractivity contribution is 0.0893. The van der Waals surface area contributed by atoms with Crippen molar-refractivity contribution < 1.29 is 14.3 Å². The van der Waals surface area contributed by atoms with Crippen molar-refractivity contribution in [1.29, 1.82) is 5.26 Å². The topological polar surface area (TPSA) is 101 Å². The maximum atomic E-state index is 12.7. The highest BCUT2D eigenvalue weighted by Crippen LogP contribution is 2.35. The number of ether oxygens (including phenoxy) is 2. The van der Waals surface area contributed by atoms with Crippen molar-refractivity contribution in [2.75, 3.05) is 14.2 Å². The molecule has 0 unspecified atom stereocenters. The molecule has 1 aromatic carbocycles. The van der Waals surface area contributed by atoms with Gasteiger partial charge in [0.2, 0.25) is 0 Å². The van der Waals surface area contributed by atoms with Gasteiger partial charge in [-0.1, -0.05) is 0 Å². The van der Waals surface area contributed by atoms with Gasteiger partial charge < -0.3 is 14.5 Å². The van der Waals surface area contributed by atoms with E-state index in [4.69, 9.17) is 9.47 Å². The fraction of sp³-hybridized carbons (Fsp3) is 0.300. The zero-order chi connectivity index (χ0) is 19.8. The van der Waals surface area contributed by atoms with Gasteiger partial charge in [0.25, 0.3) is 0 Å². The number of H-pyrrole nitrogens is 1. The van der Waals surface area contributed by atoms with Crippen LogP contribution in [0.4, 0.5) is 0 Å². The molecular weight excluding hydrogens is 344 g/mol. The number of nitrogens with one attached hydrogen (secondary N) is 1. The molecular formula is C20H20N4O3. The van der Waals surface area contributed by atoms with Crippen LogP contribution in [0.25, 0.3) is 22.4 Å². The van der Waals surface area contributed by atoms with Crippen LogP contribution < -0.4 is 9.47 Å². The molecule has 138 valence electrons. The van der Waals surface area contributed by atoms with Gasteiger partial charge in [0.05, 0.1) is 37.7 Å². The molecule has 0 saturated heterocycles. The molecule has 2 heterocycles. The van der Waals surface area contributed by atoms with Crippen LogP contribution in [0.1, 0.15) is 29.8 Å². The first-order valence-electron chi connectivity index (χ1n) is 8.35. The highest BCUT2D eigenvalue weighted by molar-refractivity contribution is 6.09. The van der Waals surface area contributed by atoms with Crippen LogP contribution in [0.15, 0.2) is 24.5 Å². The Morgan fingerprint density at radius 1 is 1.26 bits per heavy atom. The van der Waals surface area contributed by atoms with Gasteiger partial charge in [-0.2, -0.15) is 5.26 Å². The summed E-state index contributed by atoms with van der Waals surface area (Å²) in [6, 6.07) is 5.77. The fourth-order valence-corrected chi connectivity index (χ4v) is 2.89. The molecule has 7 nitrogen and oxygen atoms in total. The van der Waals surface area contributed by atoms with E-state index in [0.717, 1.165) is 11.1 Å². The van der Waals surface area contributed by atoms with E-state index < -0.39 is 5.41 Å². The number of Topliss-reactive ketones (excluding diaryl/α,β-unsaturated/α-hetero) is 1. The fourth-order valence-electron chi connectivity index (χ4n) is 2.89. The Morgan fingerprint density at radius 2 is 2.00 bits per heavy atom. The molecule has 0 atom stereocenters. The van der Waals surface area contributed by atoms with Gasteiger partial charge in [0.15, 0.2) is 22.9 Å². The second kappa shape index (κ2) is 6.72. The molecule has 0 amide bonds. The van der Waals surface area contributed by atoms with Crippen LogP contribution in [-0.2, 0) is 0 Å². The molecule has 0 fully saturated rings. The lowest BCUT2D eigenvalue weighted by Gasteiger charge is -2.13. The van der Waals surface area contributed by atoms with Crippen LogP contribution in [0.2, 0.25) is 0 Å². The van der Waals surface area contributed by atoms with E-state index in [0.29, 0.717) is 33.9 Å². The molecule has 0 aliphatic carbocycles. The predicted molar refractivity (Wildman–Crippen MR) is 101 cm³/mol. The van der Waals surface area contributed by atoms with Crippen LogP contribution in [0, 0.1) is 23.7 Å². The minimum absolute atomic E-state index is 0.300. The van der Waals surface area contributed by atoms with Crippen LogP contribution in [0.5, 0.6) is 11.5 Å². The van der Waals surface area contributed by atoms with Crippen LogP contribution in [-0.4, -0.2) is 35.0 Å². The average molecular weight is 364 g/mol. The number of aryl methyl sites for hydroxylation is 1. The van der Waals surface area contributed by atoms with Crippen LogP contribution in [0.3, 0.4) is 0 Å². The third kappa shape index (κ3) is 3.10. The number of fused-ring (bicyclic) bond motifs is 1. The molecule has 3 aromatic rings. The number of aromatic nitrogens is 3. The Morgan fingerprint density at radius 3 is 2.63 bits per heavy atom. The smallest absolute Gasteiger partial charge is 0.186 e. The number of ketones is 1. The summed E-state index contributed by atoms with van der Waals surface area (Å²) in [7, 11) is 3.16. The van der Waals surface area contributed by atoms with Crippen molar-refractivity contribution in [3.05, 3.63) is 35.7 Å². The summed E-state index contributed by atoms with van der Waals surface area (Å²) in [5.74, 6) is 0.945. The van der Waals surface area contributed by atoms with Gasteiger partial charge in [-0.3, -0.25) is 4.79 Å². The number of nitrogens with zero attached hydrogens (tertiary/aromatic N) is 3. The largest absolute Gasteiger partial charge is 0.493 e. The number of nitriles is 1. The Hall–Kier alpha value is -3.40. The Labute approximate surface area is 157 Å². The normalized spacial score (nSPS) is 11.3. The maximum absolute atomic E-state index is 12.7. The van der Waals surface area contributed by atoms with Gasteiger partial charge in [-0.25, -0.2) is 9.97 Å². The molecule has 0 aliphatic heterocycles. The summed E-state index contributed by atoms with van der Waals surface area (Å²) in [4.78, 5) is 24.7. The number of carbonyl (C=O) groups excluding carboxylic acids is 1. The van der Waals surface area contributed by atoms with Crippen molar-refractivity contribution in [3.8, 4) is 28.8 Å². The molecule has 2 aromatic heterocycles. The first-order chi connectivity index (χ1) is 12.8. The Bertz CT molecular complexity index is 1080.